The topological polar surface area (TPSA) is 72.2 Å². The Bertz CT molecular complexity index is 580. The molecule has 2 unspecified atom stereocenters. The molecule has 0 aromatic heterocycles. The van der Waals surface area contributed by atoms with Crippen molar-refractivity contribution in [2.75, 3.05) is 11.5 Å². The first kappa shape index (κ1) is 15.7. The quantitative estimate of drug-likeness (QED) is 0.639. The molecular formula is C13H18ClFN2O2S. The highest BCUT2D eigenvalue weighted by Crippen LogP contribution is 2.25. The largest absolute Gasteiger partial charge is 0.271 e. The Labute approximate surface area is 123 Å². The molecule has 0 spiro atoms. The first-order valence-electron chi connectivity index (χ1n) is 6.50. The number of halogens is 2. The molecule has 1 aromatic rings. The maximum atomic E-state index is 13.2. The van der Waals surface area contributed by atoms with Crippen molar-refractivity contribution < 1.29 is 12.8 Å². The van der Waals surface area contributed by atoms with Gasteiger partial charge in [-0.2, -0.15) is 0 Å². The average Bonchev–Trinajstić information content (AvgIpc) is 2.72. The van der Waals surface area contributed by atoms with Gasteiger partial charge in [-0.1, -0.05) is 11.6 Å². The SMILES string of the molecule is NNC(Cc1cc(F)ccc1Cl)CC1CCS(=O)(=O)C1. The second kappa shape index (κ2) is 6.39. The van der Waals surface area contributed by atoms with Crippen LogP contribution in [0.25, 0.3) is 0 Å². The van der Waals surface area contributed by atoms with Crippen molar-refractivity contribution in [2.45, 2.75) is 25.3 Å². The molecule has 0 aliphatic carbocycles. The summed E-state index contributed by atoms with van der Waals surface area (Å²) < 4.78 is 36.1. The summed E-state index contributed by atoms with van der Waals surface area (Å²) in [6.45, 7) is 0. The van der Waals surface area contributed by atoms with E-state index in [-0.39, 0.29) is 29.3 Å². The van der Waals surface area contributed by atoms with E-state index < -0.39 is 9.84 Å². The summed E-state index contributed by atoms with van der Waals surface area (Å²) in [7, 11) is -2.89. The van der Waals surface area contributed by atoms with Gasteiger partial charge in [0, 0.05) is 11.1 Å². The number of sulfone groups is 1. The third-order valence-corrected chi connectivity index (χ3v) is 5.86. The predicted octanol–water partition coefficient (Wildman–Crippen LogP) is 1.68. The average molecular weight is 321 g/mol. The molecule has 20 heavy (non-hydrogen) atoms. The molecule has 1 saturated heterocycles. The van der Waals surface area contributed by atoms with Crippen LogP contribution in [0.1, 0.15) is 18.4 Å². The van der Waals surface area contributed by atoms with E-state index in [1.165, 1.54) is 18.2 Å². The fourth-order valence-corrected chi connectivity index (χ4v) is 4.71. The molecule has 1 heterocycles. The summed E-state index contributed by atoms with van der Waals surface area (Å²) in [4.78, 5) is 0. The molecule has 1 fully saturated rings. The number of hydrogen-bond donors (Lipinski definition) is 2. The van der Waals surface area contributed by atoms with Crippen LogP contribution in [0, 0.1) is 11.7 Å². The van der Waals surface area contributed by atoms with Gasteiger partial charge in [-0.25, -0.2) is 12.8 Å². The summed E-state index contributed by atoms with van der Waals surface area (Å²) in [5, 5.41) is 0.491. The zero-order chi connectivity index (χ0) is 14.8. The monoisotopic (exact) mass is 320 g/mol. The molecule has 0 saturated carbocycles. The van der Waals surface area contributed by atoms with Crippen LogP contribution >= 0.6 is 11.6 Å². The van der Waals surface area contributed by atoms with Crippen LogP contribution in [0.15, 0.2) is 18.2 Å². The summed E-state index contributed by atoms with van der Waals surface area (Å²) in [5.74, 6) is 5.74. The second-order valence-electron chi connectivity index (χ2n) is 5.31. The number of rotatable bonds is 5. The summed E-state index contributed by atoms with van der Waals surface area (Å²) in [5.41, 5.74) is 3.35. The van der Waals surface area contributed by atoms with Crippen LogP contribution in [-0.4, -0.2) is 26.0 Å². The van der Waals surface area contributed by atoms with Crippen molar-refractivity contribution in [3.05, 3.63) is 34.6 Å². The van der Waals surface area contributed by atoms with Crippen molar-refractivity contribution in [3.8, 4) is 0 Å². The second-order valence-corrected chi connectivity index (χ2v) is 7.94. The van der Waals surface area contributed by atoms with Crippen molar-refractivity contribution in [2.24, 2.45) is 11.8 Å². The minimum absolute atomic E-state index is 0.105. The van der Waals surface area contributed by atoms with Crippen molar-refractivity contribution in [1.82, 2.24) is 5.43 Å². The minimum atomic E-state index is -2.89. The van der Waals surface area contributed by atoms with E-state index in [0.29, 0.717) is 29.8 Å². The van der Waals surface area contributed by atoms with Crippen molar-refractivity contribution in [3.63, 3.8) is 0 Å². The minimum Gasteiger partial charge on any atom is -0.271 e. The molecular weight excluding hydrogens is 303 g/mol. The van der Waals surface area contributed by atoms with E-state index in [0.717, 1.165) is 0 Å². The number of hydrazine groups is 1. The maximum Gasteiger partial charge on any atom is 0.150 e. The lowest BCUT2D eigenvalue weighted by atomic mass is 9.95. The highest BCUT2D eigenvalue weighted by atomic mass is 35.5. The molecule has 2 rings (SSSR count). The first-order chi connectivity index (χ1) is 9.39. The Balaban J connectivity index is 2.01. The highest BCUT2D eigenvalue weighted by molar-refractivity contribution is 7.91. The van der Waals surface area contributed by atoms with Gasteiger partial charge in [-0.05, 0) is 48.9 Å². The van der Waals surface area contributed by atoms with Crippen molar-refractivity contribution >= 4 is 21.4 Å². The number of nitrogens with two attached hydrogens (primary N) is 1. The summed E-state index contributed by atoms with van der Waals surface area (Å²) >= 11 is 6.03. The highest BCUT2D eigenvalue weighted by Gasteiger charge is 2.29. The molecule has 1 aliphatic rings. The smallest absolute Gasteiger partial charge is 0.150 e. The molecule has 2 atom stereocenters. The van der Waals surface area contributed by atoms with Crippen LogP contribution in [0.2, 0.25) is 5.02 Å². The van der Waals surface area contributed by atoms with Crippen LogP contribution in [0.5, 0.6) is 0 Å². The van der Waals surface area contributed by atoms with Gasteiger partial charge < -0.3 is 0 Å². The van der Waals surface area contributed by atoms with E-state index in [4.69, 9.17) is 17.4 Å². The summed E-state index contributed by atoms with van der Waals surface area (Å²) in [6, 6.07) is 4.09. The lowest BCUT2D eigenvalue weighted by Crippen LogP contribution is -2.38. The van der Waals surface area contributed by atoms with Gasteiger partial charge >= 0.3 is 0 Å². The lowest BCUT2D eigenvalue weighted by molar-refractivity contribution is 0.408. The first-order valence-corrected chi connectivity index (χ1v) is 8.70. The fraction of sp³-hybridized carbons (Fsp3) is 0.538. The third-order valence-electron chi connectivity index (χ3n) is 3.65. The molecule has 3 N–H and O–H groups in total. The van der Waals surface area contributed by atoms with Gasteiger partial charge in [0.05, 0.1) is 11.5 Å². The van der Waals surface area contributed by atoms with Gasteiger partial charge in [0.1, 0.15) is 5.82 Å². The van der Waals surface area contributed by atoms with E-state index >= 15 is 0 Å². The Morgan fingerprint density at radius 3 is 2.85 bits per heavy atom. The van der Waals surface area contributed by atoms with Gasteiger partial charge in [-0.15, -0.1) is 0 Å². The Kier molecular flexibility index (Phi) is 5.01. The van der Waals surface area contributed by atoms with Crippen LogP contribution < -0.4 is 11.3 Å². The normalized spacial score (nSPS) is 22.9. The summed E-state index contributed by atoms with van der Waals surface area (Å²) in [6.07, 6.45) is 1.78. The Morgan fingerprint density at radius 2 is 2.25 bits per heavy atom. The molecule has 0 bridgehead atoms. The lowest BCUT2D eigenvalue weighted by Gasteiger charge is -2.19. The van der Waals surface area contributed by atoms with Gasteiger partial charge in [0.2, 0.25) is 0 Å². The molecule has 1 aromatic carbocycles. The molecule has 7 heteroatoms. The number of hydrogen-bond acceptors (Lipinski definition) is 4. The van der Waals surface area contributed by atoms with Crippen molar-refractivity contribution in [1.29, 1.82) is 0 Å². The third kappa shape index (κ3) is 4.15. The fourth-order valence-electron chi connectivity index (χ4n) is 2.64. The van der Waals surface area contributed by atoms with Crippen LogP contribution in [-0.2, 0) is 16.3 Å². The van der Waals surface area contributed by atoms with Gasteiger partial charge in [0.25, 0.3) is 0 Å². The number of benzene rings is 1. The zero-order valence-corrected chi connectivity index (χ0v) is 12.6. The van der Waals surface area contributed by atoms with E-state index in [2.05, 4.69) is 5.43 Å². The van der Waals surface area contributed by atoms with Crippen LogP contribution in [0.3, 0.4) is 0 Å². The Morgan fingerprint density at radius 1 is 1.50 bits per heavy atom. The van der Waals surface area contributed by atoms with E-state index in [1.54, 1.807) is 0 Å². The predicted molar refractivity (Wildman–Crippen MR) is 77.6 cm³/mol. The molecule has 0 amide bonds. The maximum absolute atomic E-state index is 13.2. The molecule has 112 valence electrons. The Hall–Kier alpha value is -0.690. The van der Waals surface area contributed by atoms with E-state index in [9.17, 15) is 12.8 Å². The zero-order valence-electron chi connectivity index (χ0n) is 11.0. The standard InChI is InChI=1S/C13H18ClFN2O2S/c14-13-2-1-11(15)6-10(13)7-12(17-16)5-9-3-4-20(18,19)8-9/h1-2,6,9,12,17H,3-5,7-8,16H2. The van der Waals surface area contributed by atoms with Gasteiger partial charge in [0.15, 0.2) is 9.84 Å². The van der Waals surface area contributed by atoms with Gasteiger partial charge in [-0.3, -0.25) is 11.3 Å². The van der Waals surface area contributed by atoms with E-state index in [1.807, 2.05) is 0 Å². The van der Waals surface area contributed by atoms with Crippen LogP contribution in [0.4, 0.5) is 4.39 Å². The number of nitrogens with one attached hydrogen (secondary N) is 1. The molecule has 4 nitrogen and oxygen atoms in total. The molecule has 1 aliphatic heterocycles. The molecule has 0 radical (unpaired) electrons.